The first-order valence-electron chi connectivity index (χ1n) is 9.77. The van der Waals surface area contributed by atoms with Crippen molar-refractivity contribution < 1.29 is 9.30 Å². The molecular weight excluding hydrogens is 450 g/mol. The largest absolute Gasteiger partial charge is 0.463 e. The van der Waals surface area contributed by atoms with Crippen LogP contribution in [0.3, 0.4) is 0 Å². The van der Waals surface area contributed by atoms with E-state index in [1.807, 2.05) is 77.5 Å². The van der Waals surface area contributed by atoms with E-state index in [0.29, 0.717) is 29.4 Å². The molecule has 0 saturated carbocycles. The first kappa shape index (κ1) is 21.7. The smallest absolute Gasteiger partial charge is 0.384 e. The molecule has 10 heteroatoms. The van der Waals surface area contributed by atoms with Crippen LogP contribution in [0.15, 0.2) is 58.4 Å². The lowest BCUT2D eigenvalue weighted by Gasteiger charge is -2.26. The highest BCUT2D eigenvalue weighted by molar-refractivity contribution is 8.21. The number of thiazole rings is 2. The Morgan fingerprint density at radius 3 is 2.90 bits per heavy atom. The molecule has 2 aliphatic rings. The molecule has 1 saturated heterocycles. The van der Waals surface area contributed by atoms with Gasteiger partial charge in [-0.1, -0.05) is 23.5 Å². The number of thioether (sulfide) groups is 1. The Labute approximate surface area is 192 Å². The Morgan fingerprint density at radius 2 is 2.23 bits per heavy atom. The second-order valence-corrected chi connectivity index (χ2v) is 9.66. The SMILES string of the molecule is C=CCN1CO/C(=c2/s/c(=C3/C=CC=CN3C)c(=O)n2CC)S/C1=N\c1scc[n+]1C. The summed E-state index contributed by atoms with van der Waals surface area (Å²) in [5.41, 5.74) is 0.887. The molecule has 4 rings (SSSR count). The number of allylic oxidation sites excluding steroid dienone is 2. The number of amidine groups is 1. The molecule has 0 unspecified atom stereocenters. The second-order valence-electron chi connectivity index (χ2n) is 6.85. The maximum absolute atomic E-state index is 13.2. The lowest BCUT2D eigenvalue weighted by molar-refractivity contribution is -0.653. The quantitative estimate of drug-likeness (QED) is 0.501. The molecule has 2 aromatic heterocycles. The summed E-state index contributed by atoms with van der Waals surface area (Å²) in [5.74, 6) is 0. The minimum atomic E-state index is -0.00216. The van der Waals surface area contributed by atoms with Crippen molar-refractivity contribution in [1.29, 1.82) is 0 Å². The lowest BCUT2D eigenvalue weighted by atomic mass is 10.3. The van der Waals surface area contributed by atoms with Crippen LogP contribution in [-0.4, -0.2) is 39.9 Å². The Balaban J connectivity index is 1.86. The van der Waals surface area contributed by atoms with Gasteiger partial charge in [-0.15, -0.1) is 17.9 Å². The van der Waals surface area contributed by atoms with E-state index in [2.05, 4.69) is 6.58 Å². The summed E-state index contributed by atoms with van der Waals surface area (Å²) in [6.07, 6.45) is 11.6. The van der Waals surface area contributed by atoms with E-state index in [0.717, 1.165) is 20.7 Å². The monoisotopic (exact) mass is 474 g/mol. The summed E-state index contributed by atoms with van der Waals surface area (Å²) in [4.78, 5) is 22.0. The molecule has 0 N–H and O–H groups in total. The standard InChI is InChI=1S/C21H24N5O2S3/c1-5-10-25-14-28-19(31-21(25)22-20-24(4)12-13-29-20)18-26(6-2)17(27)16(30-18)15-9-7-8-11-23(15)3/h5,7-9,11-13H,1,6,10,14H2,2-4H3/q+1/b16-15-,19-18-. The number of aromatic nitrogens is 2. The van der Waals surface area contributed by atoms with Gasteiger partial charge in [-0.3, -0.25) is 14.3 Å². The van der Waals surface area contributed by atoms with Crippen LogP contribution in [0.1, 0.15) is 6.92 Å². The molecule has 0 atom stereocenters. The highest BCUT2D eigenvalue weighted by Gasteiger charge is 2.29. The van der Waals surface area contributed by atoms with Gasteiger partial charge in [0.25, 0.3) is 10.7 Å². The van der Waals surface area contributed by atoms with E-state index in [4.69, 9.17) is 9.73 Å². The van der Waals surface area contributed by atoms with Crippen LogP contribution < -0.4 is 19.3 Å². The molecule has 0 amide bonds. The Morgan fingerprint density at radius 1 is 1.39 bits per heavy atom. The van der Waals surface area contributed by atoms with Crippen LogP contribution in [0.5, 0.6) is 0 Å². The van der Waals surface area contributed by atoms with Gasteiger partial charge < -0.3 is 9.64 Å². The van der Waals surface area contributed by atoms with Gasteiger partial charge >= 0.3 is 5.13 Å². The number of aryl methyl sites for hydroxylation is 1. The zero-order valence-corrected chi connectivity index (χ0v) is 20.1. The van der Waals surface area contributed by atoms with Gasteiger partial charge in [-0.05, 0) is 24.1 Å². The van der Waals surface area contributed by atoms with Crippen LogP contribution in [0.2, 0.25) is 0 Å². The molecule has 7 nitrogen and oxygen atoms in total. The maximum atomic E-state index is 13.2. The summed E-state index contributed by atoms with van der Waals surface area (Å²) in [5, 5.41) is 4.43. The highest BCUT2D eigenvalue weighted by Crippen LogP contribution is 2.29. The molecule has 0 radical (unpaired) electrons. The average Bonchev–Trinajstić information content (AvgIpc) is 3.32. The molecule has 0 aromatic carbocycles. The van der Waals surface area contributed by atoms with E-state index < -0.39 is 0 Å². The number of likely N-dealkylation sites (N-methyl/N-ethyl adjacent to an activating group) is 1. The van der Waals surface area contributed by atoms with Crippen molar-refractivity contribution in [1.82, 2.24) is 14.4 Å². The molecular formula is C21H24N5O2S3+. The Kier molecular flexibility index (Phi) is 6.49. The third kappa shape index (κ3) is 4.28. The first-order chi connectivity index (χ1) is 15.0. The third-order valence-corrected chi connectivity index (χ3v) is 7.96. The summed E-state index contributed by atoms with van der Waals surface area (Å²) >= 11 is 4.49. The molecule has 0 aliphatic carbocycles. The molecule has 4 heterocycles. The van der Waals surface area contributed by atoms with Crippen molar-refractivity contribution in [3.8, 4) is 0 Å². The predicted molar refractivity (Wildman–Crippen MR) is 129 cm³/mol. The first-order valence-corrected chi connectivity index (χ1v) is 12.3. The van der Waals surface area contributed by atoms with Gasteiger partial charge in [0.05, 0.1) is 12.7 Å². The molecule has 0 bridgehead atoms. The fraction of sp³-hybridized carbons (Fsp3) is 0.286. The highest BCUT2D eigenvalue weighted by atomic mass is 32.2. The fourth-order valence-electron chi connectivity index (χ4n) is 3.14. The summed E-state index contributed by atoms with van der Waals surface area (Å²) < 4.78 is 11.4. The Hall–Kier alpha value is -2.56. The fourth-order valence-corrected chi connectivity index (χ4v) is 6.22. The van der Waals surface area contributed by atoms with Crippen molar-refractivity contribution in [3.63, 3.8) is 0 Å². The van der Waals surface area contributed by atoms with Crippen molar-refractivity contribution in [2.45, 2.75) is 13.5 Å². The third-order valence-electron chi connectivity index (χ3n) is 4.77. The molecule has 162 valence electrons. The molecule has 2 aromatic rings. The van der Waals surface area contributed by atoms with E-state index in [1.54, 1.807) is 15.9 Å². The number of rotatable bonds is 4. The van der Waals surface area contributed by atoms with E-state index in [1.165, 1.54) is 23.1 Å². The maximum Gasteiger partial charge on any atom is 0.384 e. The van der Waals surface area contributed by atoms with E-state index >= 15 is 0 Å². The number of ether oxygens (including phenoxy) is 1. The molecule has 2 aliphatic heterocycles. The van der Waals surface area contributed by atoms with Crippen LogP contribution in [0.25, 0.3) is 10.8 Å². The normalized spacial score (nSPS) is 21.1. The molecule has 1 fully saturated rings. The van der Waals surface area contributed by atoms with Gasteiger partial charge in [-0.2, -0.15) is 0 Å². The van der Waals surface area contributed by atoms with Gasteiger partial charge in [0.2, 0.25) is 0 Å². The summed E-state index contributed by atoms with van der Waals surface area (Å²) in [6, 6.07) is 0. The minimum Gasteiger partial charge on any atom is -0.463 e. The van der Waals surface area contributed by atoms with Crippen LogP contribution in [0, 0.1) is 0 Å². The topological polar surface area (TPSA) is 54.0 Å². The number of aliphatic imine (C=N–C) groups is 1. The minimum absolute atomic E-state index is 0.00216. The lowest BCUT2D eigenvalue weighted by Crippen LogP contribution is -2.38. The molecule has 0 spiro atoms. The number of hydrogen-bond acceptors (Lipinski definition) is 7. The van der Waals surface area contributed by atoms with E-state index in [9.17, 15) is 4.79 Å². The van der Waals surface area contributed by atoms with Crippen molar-refractivity contribution in [2.75, 3.05) is 20.3 Å². The average molecular weight is 475 g/mol. The van der Waals surface area contributed by atoms with Crippen LogP contribution >= 0.6 is 34.4 Å². The molecule has 31 heavy (non-hydrogen) atoms. The van der Waals surface area contributed by atoms with Crippen molar-refractivity contribution in [3.05, 3.63) is 68.2 Å². The predicted octanol–water partition coefficient (Wildman–Crippen LogP) is 1.90. The second kappa shape index (κ2) is 9.29. The summed E-state index contributed by atoms with van der Waals surface area (Å²) in [7, 11) is 3.92. The van der Waals surface area contributed by atoms with Gasteiger partial charge in [0.1, 0.15) is 15.4 Å². The van der Waals surface area contributed by atoms with Gasteiger partial charge in [0.15, 0.2) is 11.8 Å². The number of nitrogens with zero attached hydrogens (tertiary/aromatic N) is 5. The summed E-state index contributed by atoms with van der Waals surface area (Å²) in [6.45, 7) is 7.38. The van der Waals surface area contributed by atoms with Gasteiger partial charge in [0, 0.05) is 43.5 Å². The van der Waals surface area contributed by atoms with Gasteiger partial charge in [-0.25, -0.2) is 4.57 Å². The Bertz CT molecular complexity index is 1260. The zero-order valence-electron chi connectivity index (χ0n) is 17.6. The zero-order chi connectivity index (χ0) is 22.0. The van der Waals surface area contributed by atoms with Crippen molar-refractivity contribution in [2.24, 2.45) is 12.0 Å². The van der Waals surface area contributed by atoms with Crippen molar-refractivity contribution >= 4 is 55.5 Å². The van der Waals surface area contributed by atoms with E-state index in [-0.39, 0.29) is 5.56 Å². The van der Waals surface area contributed by atoms with Crippen LogP contribution in [-0.2, 0) is 18.3 Å². The van der Waals surface area contributed by atoms with Crippen LogP contribution in [0.4, 0.5) is 5.13 Å². The number of hydrogen-bond donors (Lipinski definition) is 0.